The van der Waals surface area contributed by atoms with Gasteiger partial charge in [-0.1, -0.05) is 13.8 Å². The highest BCUT2D eigenvalue weighted by atomic mass is 32.1. The first-order valence-electron chi connectivity index (χ1n) is 9.32. The lowest BCUT2D eigenvalue weighted by Crippen LogP contribution is -2.24. The molecule has 0 aliphatic heterocycles. The second kappa shape index (κ2) is 7.14. The molecule has 0 radical (unpaired) electrons. The van der Waals surface area contributed by atoms with Gasteiger partial charge in [-0.05, 0) is 19.4 Å². The standard InChI is InChI=1S/C20H23N5O3S/c1-10(2)17-22-19-15(11(3)12(4)29-19)18-23-24(20(26)25(17)18)9-13-16(28-6)14(27-5)7-8-21-13/h7-8,10H,9H2,1-6H3. The number of fused-ring (bicyclic) bond motifs is 3. The van der Waals surface area contributed by atoms with E-state index in [2.05, 4.69) is 17.0 Å². The van der Waals surface area contributed by atoms with Crippen LogP contribution < -0.4 is 15.2 Å². The van der Waals surface area contributed by atoms with Crippen LogP contribution in [0.4, 0.5) is 0 Å². The quantitative estimate of drug-likeness (QED) is 0.499. The second-order valence-electron chi connectivity index (χ2n) is 7.18. The van der Waals surface area contributed by atoms with Gasteiger partial charge in [-0.25, -0.2) is 18.9 Å². The number of aromatic nitrogens is 5. The van der Waals surface area contributed by atoms with Crippen LogP contribution in [-0.4, -0.2) is 38.4 Å². The van der Waals surface area contributed by atoms with E-state index in [1.807, 2.05) is 20.8 Å². The Bertz CT molecular complexity index is 1290. The van der Waals surface area contributed by atoms with Crippen molar-refractivity contribution in [2.45, 2.75) is 40.2 Å². The van der Waals surface area contributed by atoms with Crippen molar-refractivity contribution in [3.05, 3.63) is 44.7 Å². The highest BCUT2D eigenvalue weighted by molar-refractivity contribution is 7.18. The lowest BCUT2D eigenvalue weighted by molar-refractivity contribution is 0.347. The third-order valence-corrected chi connectivity index (χ3v) is 6.16. The average Bonchev–Trinajstić information content (AvgIpc) is 3.17. The van der Waals surface area contributed by atoms with Gasteiger partial charge >= 0.3 is 5.69 Å². The molecule has 4 aromatic rings. The normalized spacial score (nSPS) is 11.7. The summed E-state index contributed by atoms with van der Waals surface area (Å²) in [6, 6.07) is 1.72. The molecule has 0 fully saturated rings. The summed E-state index contributed by atoms with van der Waals surface area (Å²) in [5.41, 5.74) is 2.07. The molecule has 4 rings (SSSR count). The Balaban J connectivity index is 1.98. The molecule has 0 aliphatic rings. The van der Waals surface area contributed by atoms with Gasteiger partial charge in [0.25, 0.3) is 0 Å². The minimum absolute atomic E-state index is 0.0736. The van der Waals surface area contributed by atoms with Crippen molar-refractivity contribution >= 4 is 27.2 Å². The van der Waals surface area contributed by atoms with Gasteiger partial charge in [0.05, 0.1) is 26.2 Å². The summed E-state index contributed by atoms with van der Waals surface area (Å²) < 4.78 is 13.8. The van der Waals surface area contributed by atoms with Crippen LogP contribution in [0.2, 0.25) is 0 Å². The van der Waals surface area contributed by atoms with Gasteiger partial charge in [-0.2, -0.15) is 0 Å². The maximum absolute atomic E-state index is 13.3. The molecule has 29 heavy (non-hydrogen) atoms. The first-order valence-corrected chi connectivity index (χ1v) is 10.1. The highest BCUT2D eigenvalue weighted by Gasteiger charge is 2.22. The van der Waals surface area contributed by atoms with E-state index in [0.29, 0.717) is 28.7 Å². The fourth-order valence-corrected chi connectivity index (χ4v) is 4.51. The second-order valence-corrected chi connectivity index (χ2v) is 8.38. The molecule has 8 nitrogen and oxygen atoms in total. The maximum atomic E-state index is 13.3. The molecule has 4 aromatic heterocycles. The van der Waals surface area contributed by atoms with Gasteiger partial charge in [0.2, 0.25) is 0 Å². The Labute approximate surface area is 171 Å². The molecule has 9 heteroatoms. The van der Waals surface area contributed by atoms with Crippen LogP contribution in [0.3, 0.4) is 0 Å². The van der Waals surface area contributed by atoms with Crippen molar-refractivity contribution in [3.63, 3.8) is 0 Å². The molecule has 0 aliphatic carbocycles. The fourth-order valence-electron chi connectivity index (χ4n) is 3.48. The lowest BCUT2D eigenvalue weighted by atomic mass is 10.2. The summed E-state index contributed by atoms with van der Waals surface area (Å²) >= 11 is 1.63. The predicted molar refractivity (Wildman–Crippen MR) is 113 cm³/mol. The molecule has 0 N–H and O–H groups in total. The van der Waals surface area contributed by atoms with Gasteiger partial charge in [0.15, 0.2) is 17.1 Å². The number of rotatable bonds is 5. The number of pyridine rings is 1. The van der Waals surface area contributed by atoms with Crippen molar-refractivity contribution in [1.29, 1.82) is 0 Å². The molecule has 0 aromatic carbocycles. The van der Waals surface area contributed by atoms with Crippen molar-refractivity contribution in [2.24, 2.45) is 0 Å². The van der Waals surface area contributed by atoms with E-state index in [1.165, 1.54) is 9.56 Å². The van der Waals surface area contributed by atoms with Gasteiger partial charge in [-0.3, -0.25) is 4.98 Å². The number of hydrogen-bond acceptors (Lipinski definition) is 7. The Morgan fingerprint density at radius 2 is 1.97 bits per heavy atom. The molecule has 0 amide bonds. The van der Waals surface area contributed by atoms with Crippen LogP contribution >= 0.6 is 11.3 Å². The number of hydrogen-bond donors (Lipinski definition) is 0. The molecular weight excluding hydrogens is 390 g/mol. The summed E-state index contributed by atoms with van der Waals surface area (Å²) in [5, 5.41) is 5.61. The Hall–Kier alpha value is -2.94. The molecule has 0 saturated heterocycles. The first-order chi connectivity index (χ1) is 13.9. The van der Waals surface area contributed by atoms with Gasteiger partial charge < -0.3 is 9.47 Å². The number of nitrogens with zero attached hydrogens (tertiary/aromatic N) is 5. The number of thiophene rings is 1. The van der Waals surface area contributed by atoms with E-state index in [9.17, 15) is 4.79 Å². The average molecular weight is 414 g/mol. The molecule has 0 spiro atoms. The summed E-state index contributed by atoms with van der Waals surface area (Å²) in [6.07, 6.45) is 1.63. The molecular formula is C20H23N5O3S. The van der Waals surface area contributed by atoms with Crippen LogP contribution in [0.5, 0.6) is 11.5 Å². The van der Waals surface area contributed by atoms with Crippen molar-refractivity contribution in [3.8, 4) is 11.5 Å². The van der Waals surface area contributed by atoms with E-state index >= 15 is 0 Å². The number of aryl methyl sites for hydroxylation is 2. The zero-order valence-electron chi connectivity index (χ0n) is 17.3. The van der Waals surface area contributed by atoms with E-state index < -0.39 is 0 Å². The SMILES string of the molecule is COc1ccnc(Cn2nc3c4c(C)c(C)sc4nc(C(C)C)n3c2=O)c1OC. The molecule has 0 saturated carbocycles. The topological polar surface area (TPSA) is 83.5 Å². The Kier molecular flexibility index (Phi) is 4.77. The third-order valence-electron chi connectivity index (χ3n) is 5.06. The molecule has 0 unspecified atom stereocenters. The fraction of sp³-hybridized carbons (Fsp3) is 0.400. The lowest BCUT2D eigenvalue weighted by Gasteiger charge is -2.10. The molecule has 0 atom stereocenters. The van der Waals surface area contributed by atoms with Crippen molar-refractivity contribution in [1.82, 2.24) is 24.1 Å². The Morgan fingerprint density at radius 3 is 2.62 bits per heavy atom. The first kappa shape index (κ1) is 19.4. The van der Waals surface area contributed by atoms with E-state index in [1.54, 1.807) is 42.2 Å². The highest BCUT2D eigenvalue weighted by Crippen LogP contribution is 2.33. The summed E-state index contributed by atoms with van der Waals surface area (Å²) in [6.45, 7) is 8.32. The number of ether oxygens (including phenoxy) is 2. The minimum atomic E-state index is -0.243. The monoisotopic (exact) mass is 413 g/mol. The van der Waals surface area contributed by atoms with Crippen molar-refractivity contribution in [2.75, 3.05) is 14.2 Å². The molecule has 0 bridgehead atoms. The largest absolute Gasteiger partial charge is 0.493 e. The van der Waals surface area contributed by atoms with Crippen molar-refractivity contribution < 1.29 is 9.47 Å². The van der Waals surface area contributed by atoms with Crippen LogP contribution in [0.15, 0.2) is 17.1 Å². The summed E-state index contributed by atoms with van der Waals surface area (Å²) in [4.78, 5) is 24.6. The summed E-state index contributed by atoms with van der Waals surface area (Å²) in [5.74, 6) is 1.83. The zero-order valence-corrected chi connectivity index (χ0v) is 18.1. The van der Waals surface area contributed by atoms with Gasteiger partial charge in [0.1, 0.15) is 16.3 Å². The maximum Gasteiger partial charge on any atom is 0.352 e. The van der Waals surface area contributed by atoms with Gasteiger partial charge in [-0.15, -0.1) is 16.4 Å². The zero-order chi connectivity index (χ0) is 20.9. The van der Waals surface area contributed by atoms with Gasteiger partial charge in [0, 0.05) is 23.1 Å². The van der Waals surface area contributed by atoms with E-state index in [-0.39, 0.29) is 18.2 Å². The number of methoxy groups -OCH3 is 2. The Morgan fingerprint density at radius 1 is 1.21 bits per heavy atom. The van der Waals surface area contributed by atoms with Crippen LogP contribution in [0.1, 0.15) is 41.7 Å². The minimum Gasteiger partial charge on any atom is -0.493 e. The smallest absolute Gasteiger partial charge is 0.352 e. The van der Waals surface area contributed by atoms with Crippen LogP contribution in [0, 0.1) is 13.8 Å². The van der Waals surface area contributed by atoms with E-state index in [0.717, 1.165) is 15.8 Å². The predicted octanol–water partition coefficient (Wildman–Crippen LogP) is 3.31. The third kappa shape index (κ3) is 2.96. The summed E-state index contributed by atoms with van der Waals surface area (Å²) in [7, 11) is 3.12. The molecule has 4 heterocycles. The van der Waals surface area contributed by atoms with E-state index in [4.69, 9.17) is 14.5 Å². The van der Waals surface area contributed by atoms with Crippen LogP contribution in [-0.2, 0) is 6.54 Å². The van der Waals surface area contributed by atoms with Crippen LogP contribution in [0.25, 0.3) is 15.9 Å². The molecule has 152 valence electrons.